The van der Waals surface area contributed by atoms with Crippen molar-refractivity contribution in [1.29, 1.82) is 0 Å². The summed E-state index contributed by atoms with van der Waals surface area (Å²) in [4.78, 5) is 34.1. The summed E-state index contributed by atoms with van der Waals surface area (Å²) in [7, 11) is 0. The number of furan rings is 1. The molecule has 0 amide bonds. The molecule has 0 N–H and O–H groups in total. The van der Waals surface area contributed by atoms with Crippen LogP contribution >= 0.6 is 0 Å². The van der Waals surface area contributed by atoms with E-state index in [0.29, 0.717) is 11.8 Å². The third-order valence-corrected chi connectivity index (χ3v) is 3.98. The van der Waals surface area contributed by atoms with Crippen LogP contribution < -0.4 is 0 Å². The quantitative estimate of drug-likeness (QED) is 0.280. The lowest BCUT2D eigenvalue weighted by molar-refractivity contribution is -0.385. The second-order valence-corrected chi connectivity index (χ2v) is 5.64. The van der Waals surface area contributed by atoms with Crippen molar-refractivity contribution < 1.29 is 28.1 Å². The summed E-state index contributed by atoms with van der Waals surface area (Å²) in [6, 6.07) is 7.82. The summed E-state index contributed by atoms with van der Waals surface area (Å²) in [6.45, 7) is 1.75. The van der Waals surface area contributed by atoms with Crippen LogP contribution in [0.25, 0.3) is 22.3 Å². The Balaban J connectivity index is 2.32. The van der Waals surface area contributed by atoms with Gasteiger partial charge in [0.2, 0.25) is 0 Å². The zero-order valence-electron chi connectivity index (χ0n) is 14.2. The number of fused-ring (bicyclic) bond motifs is 1. The van der Waals surface area contributed by atoms with Crippen molar-refractivity contribution in [2.24, 2.45) is 0 Å². The lowest BCUT2D eigenvalue weighted by atomic mass is 10.0. The van der Waals surface area contributed by atoms with Gasteiger partial charge in [-0.25, -0.2) is 9.18 Å². The molecule has 3 aromatic rings. The molecule has 0 fully saturated rings. The molecule has 0 aliphatic heterocycles. The number of halogens is 1. The van der Waals surface area contributed by atoms with Crippen LogP contribution in [0.3, 0.4) is 0 Å². The van der Waals surface area contributed by atoms with Crippen molar-refractivity contribution in [3.8, 4) is 11.3 Å². The van der Waals surface area contributed by atoms with Gasteiger partial charge in [0.1, 0.15) is 29.0 Å². The van der Waals surface area contributed by atoms with Crippen LogP contribution in [0, 0.1) is 15.9 Å². The molecule has 7 nitrogen and oxygen atoms in total. The molecule has 3 rings (SSSR count). The molecule has 0 saturated carbocycles. The Kier molecular flexibility index (Phi) is 4.98. The zero-order chi connectivity index (χ0) is 19.6. The molecule has 0 atom stereocenters. The van der Waals surface area contributed by atoms with E-state index in [1.54, 1.807) is 6.92 Å². The summed E-state index contributed by atoms with van der Waals surface area (Å²) in [5, 5.41) is 11.6. The molecule has 0 spiro atoms. The first-order chi connectivity index (χ1) is 13.0. The molecule has 138 valence electrons. The number of aldehydes is 1. The fourth-order valence-electron chi connectivity index (χ4n) is 2.81. The summed E-state index contributed by atoms with van der Waals surface area (Å²) in [6.07, 6.45) is 0.352. The number of nitro benzene ring substituents is 1. The van der Waals surface area contributed by atoms with Crippen LogP contribution in [0.15, 0.2) is 40.8 Å². The molecule has 0 unspecified atom stereocenters. The van der Waals surface area contributed by atoms with Crippen molar-refractivity contribution in [3.05, 3.63) is 63.5 Å². The number of esters is 1. The van der Waals surface area contributed by atoms with E-state index in [-0.39, 0.29) is 46.6 Å². The van der Waals surface area contributed by atoms with E-state index in [1.165, 1.54) is 36.4 Å². The predicted octanol–water partition coefficient (Wildman–Crippen LogP) is 4.07. The van der Waals surface area contributed by atoms with Crippen LogP contribution in [-0.4, -0.2) is 23.8 Å². The molecule has 1 aromatic heterocycles. The first-order valence-electron chi connectivity index (χ1n) is 8.06. The summed E-state index contributed by atoms with van der Waals surface area (Å²) in [5.74, 6) is -1.03. The van der Waals surface area contributed by atoms with Gasteiger partial charge in [-0.05, 0) is 37.3 Å². The van der Waals surface area contributed by atoms with Crippen LogP contribution in [0.1, 0.15) is 22.8 Å². The minimum atomic E-state index is -0.679. The average molecular weight is 371 g/mol. The molecule has 0 aliphatic carbocycles. The zero-order valence-corrected chi connectivity index (χ0v) is 14.2. The number of nitro groups is 1. The van der Waals surface area contributed by atoms with E-state index in [4.69, 9.17) is 9.15 Å². The molecular formula is C19H14FNO6. The average Bonchev–Trinajstić information content (AvgIpc) is 3.00. The Morgan fingerprint density at radius 1 is 1.30 bits per heavy atom. The largest absolute Gasteiger partial charge is 0.462 e. The highest BCUT2D eigenvalue weighted by Crippen LogP contribution is 2.37. The van der Waals surface area contributed by atoms with Gasteiger partial charge in [-0.15, -0.1) is 0 Å². The van der Waals surface area contributed by atoms with Crippen molar-refractivity contribution in [3.63, 3.8) is 0 Å². The number of hydrogen-bond donors (Lipinski definition) is 0. The third-order valence-electron chi connectivity index (χ3n) is 3.98. The molecule has 0 radical (unpaired) electrons. The highest BCUT2D eigenvalue weighted by molar-refractivity contribution is 6.09. The van der Waals surface area contributed by atoms with E-state index >= 15 is 0 Å². The van der Waals surface area contributed by atoms with E-state index in [2.05, 4.69) is 0 Å². The maximum absolute atomic E-state index is 13.2. The van der Waals surface area contributed by atoms with Crippen LogP contribution in [0.5, 0.6) is 0 Å². The smallest absolute Gasteiger partial charge is 0.342 e. The summed E-state index contributed by atoms with van der Waals surface area (Å²) >= 11 is 0. The molecule has 0 aliphatic rings. The van der Waals surface area contributed by atoms with Gasteiger partial charge < -0.3 is 13.9 Å². The maximum atomic E-state index is 13.2. The van der Waals surface area contributed by atoms with Crippen molar-refractivity contribution in [2.75, 3.05) is 6.61 Å². The number of ether oxygens (including phenoxy) is 1. The number of benzene rings is 2. The van der Waals surface area contributed by atoms with E-state index in [9.17, 15) is 24.1 Å². The van der Waals surface area contributed by atoms with Crippen molar-refractivity contribution in [1.82, 2.24) is 0 Å². The van der Waals surface area contributed by atoms with Crippen LogP contribution in [-0.2, 0) is 16.0 Å². The van der Waals surface area contributed by atoms with Crippen molar-refractivity contribution in [2.45, 2.75) is 13.3 Å². The molecule has 0 bridgehead atoms. The number of hydrogen-bond acceptors (Lipinski definition) is 6. The third kappa shape index (κ3) is 3.41. The lowest BCUT2D eigenvalue weighted by Gasteiger charge is -2.04. The number of nitrogens with zero attached hydrogens (tertiary/aromatic N) is 1. The van der Waals surface area contributed by atoms with Gasteiger partial charge in [0.15, 0.2) is 0 Å². The van der Waals surface area contributed by atoms with Gasteiger partial charge >= 0.3 is 5.97 Å². The molecule has 8 heteroatoms. The van der Waals surface area contributed by atoms with Crippen LogP contribution in [0.2, 0.25) is 0 Å². The second kappa shape index (κ2) is 7.36. The van der Waals surface area contributed by atoms with Crippen molar-refractivity contribution >= 4 is 28.9 Å². The Morgan fingerprint density at radius 2 is 2.00 bits per heavy atom. The van der Waals surface area contributed by atoms with Gasteiger partial charge in [0.05, 0.1) is 17.6 Å². The fraction of sp³-hybridized carbons (Fsp3) is 0.158. The molecule has 2 aromatic carbocycles. The van der Waals surface area contributed by atoms with Gasteiger partial charge in [0, 0.05) is 22.9 Å². The molecule has 27 heavy (non-hydrogen) atoms. The van der Waals surface area contributed by atoms with E-state index in [1.807, 2.05) is 0 Å². The van der Waals surface area contributed by atoms with E-state index < -0.39 is 16.7 Å². The van der Waals surface area contributed by atoms with E-state index in [0.717, 1.165) is 0 Å². The summed E-state index contributed by atoms with van der Waals surface area (Å²) < 4.78 is 24.0. The normalized spacial score (nSPS) is 10.7. The topological polar surface area (TPSA) is 99.7 Å². The second-order valence-electron chi connectivity index (χ2n) is 5.64. The standard InChI is InChI=1S/C19H14FNO6/c1-2-26-19(23)17-14-9-12(7-8-22)15(21(24)25)10-16(14)27-18(17)11-3-5-13(20)6-4-11/h3-6,8-10H,2,7H2,1H3. The van der Waals surface area contributed by atoms with Gasteiger partial charge in [-0.3, -0.25) is 10.1 Å². The first-order valence-corrected chi connectivity index (χ1v) is 8.06. The maximum Gasteiger partial charge on any atom is 0.342 e. The minimum absolute atomic E-state index is 0.0699. The summed E-state index contributed by atoms with van der Waals surface area (Å²) in [5.41, 5.74) is 0.443. The number of rotatable bonds is 6. The minimum Gasteiger partial charge on any atom is -0.462 e. The van der Waals surface area contributed by atoms with Gasteiger partial charge in [0.25, 0.3) is 5.69 Å². The molecular weight excluding hydrogens is 357 g/mol. The Hall–Kier alpha value is -3.55. The SMILES string of the molecule is CCOC(=O)c1c(-c2ccc(F)cc2)oc2cc([N+](=O)[O-])c(CC=O)cc12. The number of carbonyl (C=O) groups excluding carboxylic acids is 2. The predicted molar refractivity (Wildman–Crippen MR) is 94.0 cm³/mol. The number of carbonyl (C=O) groups is 2. The Labute approximate surface area is 152 Å². The van der Waals surface area contributed by atoms with Gasteiger partial charge in [-0.2, -0.15) is 0 Å². The molecule has 1 heterocycles. The van der Waals surface area contributed by atoms with Crippen LogP contribution in [0.4, 0.5) is 10.1 Å². The highest BCUT2D eigenvalue weighted by atomic mass is 19.1. The molecule has 0 saturated heterocycles. The monoisotopic (exact) mass is 371 g/mol. The first kappa shape index (κ1) is 18.2. The Morgan fingerprint density at radius 3 is 2.59 bits per heavy atom. The van der Waals surface area contributed by atoms with Gasteiger partial charge in [-0.1, -0.05) is 0 Å². The Bertz CT molecular complexity index is 1040. The lowest BCUT2D eigenvalue weighted by Crippen LogP contribution is -2.05. The highest BCUT2D eigenvalue weighted by Gasteiger charge is 2.26. The fourth-order valence-corrected chi connectivity index (χ4v) is 2.81.